The van der Waals surface area contributed by atoms with Crippen molar-refractivity contribution in [3.05, 3.63) is 75.8 Å². The van der Waals surface area contributed by atoms with Gasteiger partial charge in [0.15, 0.2) is 6.61 Å². The fraction of sp³-hybridized carbons (Fsp3) is 0.200. The third-order valence-electron chi connectivity index (χ3n) is 3.58. The van der Waals surface area contributed by atoms with E-state index in [2.05, 4.69) is 15.9 Å². The molecule has 0 aliphatic carbocycles. The highest BCUT2D eigenvalue weighted by molar-refractivity contribution is 9.10. The zero-order valence-corrected chi connectivity index (χ0v) is 15.8. The molecule has 0 atom stereocenters. The van der Waals surface area contributed by atoms with Gasteiger partial charge in [-0.3, -0.25) is 4.79 Å². The normalized spacial score (nSPS) is 10.7. The van der Waals surface area contributed by atoms with Crippen molar-refractivity contribution in [2.75, 3.05) is 13.7 Å². The number of hydrogen-bond donors (Lipinski definition) is 0. The van der Waals surface area contributed by atoms with Gasteiger partial charge >= 0.3 is 5.97 Å². The molecular weight excluding hydrogens is 382 g/mol. The summed E-state index contributed by atoms with van der Waals surface area (Å²) in [6.07, 6.45) is 2.98. The van der Waals surface area contributed by atoms with Gasteiger partial charge in [0.2, 0.25) is 0 Å². The van der Waals surface area contributed by atoms with Gasteiger partial charge in [-0.2, -0.15) is 0 Å². The largest absolute Gasteiger partial charge is 0.452 e. The van der Waals surface area contributed by atoms with E-state index < -0.39 is 5.97 Å². The fourth-order valence-corrected chi connectivity index (χ4v) is 2.79. The van der Waals surface area contributed by atoms with Crippen LogP contribution >= 0.6 is 15.9 Å². The molecule has 0 unspecified atom stereocenters. The number of aryl methyl sites for hydroxylation is 1. The van der Waals surface area contributed by atoms with Crippen LogP contribution in [0.4, 0.5) is 0 Å². The highest BCUT2D eigenvalue weighted by Gasteiger charge is 2.11. The molecule has 0 N–H and O–H groups in total. The van der Waals surface area contributed by atoms with Crippen LogP contribution in [0.5, 0.6) is 0 Å². The lowest BCUT2D eigenvalue weighted by molar-refractivity contribution is -0.147. The van der Waals surface area contributed by atoms with Gasteiger partial charge in [-0.25, -0.2) is 4.79 Å². The Morgan fingerprint density at radius 2 is 1.88 bits per heavy atom. The first-order chi connectivity index (χ1) is 12.0. The third-order valence-corrected chi connectivity index (χ3v) is 4.27. The van der Waals surface area contributed by atoms with Crippen LogP contribution in [0.25, 0.3) is 6.08 Å². The summed E-state index contributed by atoms with van der Waals surface area (Å²) in [5.41, 5.74) is 3.02. The number of halogens is 1. The molecular formula is C20H20BrNO3. The summed E-state index contributed by atoms with van der Waals surface area (Å²) in [6.45, 7) is 2.19. The van der Waals surface area contributed by atoms with Crippen molar-refractivity contribution in [1.82, 2.24) is 4.90 Å². The predicted octanol–water partition coefficient (Wildman–Crippen LogP) is 3.97. The molecule has 25 heavy (non-hydrogen) atoms. The number of benzene rings is 2. The summed E-state index contributed by atoms with van der Waals surface area (Å²) < 4.78 is 5.91. The summed E-state index contributed by atoms with van der Waals surface area (Å²) in [4.78, 5) is 25.4. The summed E-state index contributed by atoms with van der Waals surface area (Å²) >= 11 is 3.45. The molecule has 5 heteroatoms. The predicted molar refractivity (Wildman–Crippen MR) is 102 cm³/mol. The quantitative estimate of drug-likeness (QED) is 0.543. The number of nitrogens with zero attached hydrogens (tertiary/aromatic N) is 1. The van der Waals surface area contributed by atoms with E-state index >= 15 is 0 Å². The molecule has 2 aromatic carbocycles. The lowest BCUT2D eigenvalue weighted by Gasteiger charge is -2.16. The van der Waals surface area contributed by atoms with E-state index in [1.165, 1.54) is 11.0 Å². The Hall–Kier alpha value is -2.40. The van der Waals surface area contributed by atoms with E-state index in [4.69, 9.17) is 4.74 Å². The maximum absolute atomic E-state index is 12.0. The Labute approximate surface area is 156 Å². The number of amides is 1. The van der Waals surface area contributed by atoms with Gasteiger partial charge in [-0.15, -0.1) is 0 Å². The molecule has 0 saturated heterocycles. The Kier molecular flexibility index (Phi) is 6.95. The molecule has 0 fully saturated rings. The molecule has 0 radical (unpaired) electrons. The molecule has 0 bridgehead atoms. The fourth-order valence-electron chi connectivity index (χ4n) is 2.16. The van der Waals surface area contributed by atoms with Crippen LogP contribution in [-0.4, -0.2) is 30.4 Å². The second-order valence-corrected chi connectivity index (χ2v) is 6.56. The highest BCUT2D eigenvalue weighted by atomic mass is 79.9. The molecule has 0 spiro atoms. The van der Waals surface area contributed by atoms with E-state index in [1.807, 2.05) is 55.5 Å². The number of carbonyl (C=O) groups is 2. The first-order valence-electron chi connectivity index (χ1n) is 7.84. The average Bonchev–Trinajstić information content (AvgIpc) is 2.59. The minimum atomic E-state index is -0.547. The molecule has 4 nitrogen and oxygen atoms in total. The number of carbonyl (C=O) groups excluding carboxylic acids is 2. The van der Waals surface area contributed by atoms with Crippen LogP contribution < -0.4 is 0 Å². The maximum Gasteiger partial charge on any atom is 0.331 e. The maximum atomic E-state index is 12.0. The van der Waals surface area contributed by atoms with Crippen LogP contribution in [0.15, 0.2) is 59.1 Å². The lowest BCUT2D eigenvalue weighted by atomic mass is 10.1. The van der Waals surface area contributed by atoms with Gasteiger partial charge in [0.1, 0.15) is 0 Å². The topological polar surface area (TPSA) is 46.6 Å². The number of likely N-dealkylation sites (N-methyl/N-ethyl adjacent to an activating group) is 1. The first-order valence-corrected chi connectivity index (χ1v) is 8.64. The number of ether oxygens (including phenoxy) is 1. The minimum absolute atomic E-state index is 0.248. The van der Waals surface area contributed by atoms with Crippen LogP contribution in [0.3, 0.4) is 0 Å². The van der Waals surface area contributed by atoms with E-state index in [0.717, 1.165) is 21.2 Å². The molecule has 0 aromatic heterocycles. The molecule has 0 aliphatic heterocycles. The first kappa shape index (κ1) is 18.9. The number of hydrogen-bond acceptors (Lipinski definition) is 3. The standard InChI is InChI=1S/C20H20BrNO3/c1-15-8-9-17(18(21)12-15)10-11-20(24)25-14-19(23)22(2)13-16-6-4-3-5-7-16/h3-12H,13-14H2,1-2H3/b11-10+. The van der Waals surface area contributed by atoms with Crippen molar-refractivity contribution < 1.29 is 14.3 Å². The van der Waals surface area contributed by atoms with Gasteiger partial charge < -0.3 is 9.64 Å². The molecule has 0 saturated carbocycles. The smallest absolute Gasteiger partial charge is 0.331 e. The van der Waals surface area contributed by atoms with Crippen LogP contribution in [0.2, 0.25) is 0 Å². The van der Waals surface area contributed by atoms with Gasteiger partial charge in [-0.1, -0.05) is 58.4 Å². The molecule has 130 valence electrons. The minimum Gasteiger partial charge on any atom is -0.452 e. The second kappa shape index (κ2) is 9.18. The molecule has 0 aliphatic rings. The Bertz CT molecular complexity index is 772. The summed E-state index contributed by atoms with van der Waals surface area (Å²) in [6, 6.07) is 15.5. The Balaban J connectivity index is 1.82. The molecule has 1 amide bonds. The van der Waals surface area contributed by atoms with Crippen molar-refractivity contribution in [2.24, 2.45) is 0 Å². The van der Waals surface area contributed by atoms with Gasteiger partial charge in [0.05, 0.1) is 0 Å². The highest BCUT2D eigenvalue weighted by Crippen LogP contribution is 2.19. The lowest BCUT2D eigenvalue weighted by Crippen LogP contribution is -2.30. The van der Waals surface area contributed by atoms with Gasteiger partial charge in [0, 0.05) is 24.1 Å². The van der Waals surface area contributed by atoms with E-state index in [0.29, 0.717) is 6.54 Å². The zero-order valence-electron chi connectivity index (χ0n) is 14.2. The summed E-state index contributed by atoms with van der Waals surface area (Å²) in [5, 5.41) is 0. The summed E-state index contributed by atoms with van der Waals surface area (Å²) in [5.74, 6) is -0.795. The number of rotatable bonds is 6. The average molecular weight is 402 g/mol. The van der Waals surface area contributed by atoms with Crippen molar-refractivity contribution in [3.63, 3.8) is 0 Å². The van der Waals surface area contributed by atoms with E-state index in [1.54, 1.807) is 13.1 Å². The van der Waals surface area contributed by atoms with Crippen molar-refractivity contribution in [3.8, 4) is 0 Å². The zero-order chi connectivity index (χ0) is 18.2. The molecule has 2 aromatic rings. The van der Waals surface area contributed by atoms with Crippen LogP contribution in [0.1, 0.15) is 16.7 Å². The Morgan fingerprint density at radius 1 is 1.16 bits per heavy atom. The summed E-state index contributed by atoms with van der Waals surface area (Å²) in [7, 11) is 1.68. The van der Waals surface area contributed by atoms with Gasteiger partial charge in [-0.05, 0) is 35.8 Å². The SMILES string of the molecule is Cc1ccc(/C=C/C(=O)OCC(=O)N(C)Cc2ccccc2)c(Br)c1. The second-order valence-electron chi connectivity index (χ2n) is 5.70. The van der Waals surface area contributed by atoms with E-state index in [-0.39, 0.29) is 12.5 Å². The van der Waals surface area contributed by atoms with Crippen LogP contribution in [0, 0.1) is 6.92 Å². The third kappa shape index (κ3) is 6.19. The molecule has 0 heterocycles. The van der Waals surface area contributed by atoms with E-state index in [9.17, 15) is 9.59 Å². The molecule has 2 rings (SSSR count). The van der Waals surface area contributed by atoms with Crippen molar-refractivity contribution >= 4 is 33.9 Å². The monoisotopic (exact) mass is 401 g/mol. The van der Waals surface area contributed by atoms with Crippen molar-refractivity contribution in [1.29, 1.82) is 0 Å². The van der Waals surface area contributed by atoms with Crippen LogP contribution in [-0.2, 0) is 20.9 Å². The Morgan fingerprint density at radius 3 is 2.56 bits per heavy atom. The van der Waals surface area contributed by atoms with Crippen molar-refractivity contribution in [2.45, 2.75) is 13.5 Å². The number of esters is 1. The van der Waals surface area contributed by atoms with Gasteiger partial charge in [0.25, 0.3) is 5.91 Å².